The molecule has 5 rings (SSSR count). The van der Waals surface area contributed by atoms with Crippen molar-refractivity contribution in [1.29, 1.82) is 0 Å². The predicted octanol–water partition coefficient (Wildman–Crippen LogP) is 16.3. The third-order valence-corrected chi connectivity index (χ3v) is 13.9. The van der Waals surface area contributed by atoms with Gasteiger partial charge < -0.3 is 4.57 Å². The Labute approximate surface area is 305 Å². The number of aromatic nitrogens is 1. The Morgan fingerprint density at radius 2 is 0.955 bits per heavy atom. The van der Waals surface area contributed by atoms with Gasteiger partial charge in [0.2, 0.25) is 0 Å². The van der Waals surface area contributed by atoms with Gasteiger partial charge in [0.15, 0.2) is 0 Å². The van der Waals surface area contributed by atoms with Crippen LogP contribution in [0.15, 0.2) is 65.0 Å². The van der Waals surface area contributed by atoms with E-state index in [0.29, 0.717) is 6.04 Å². The van der Waals surface area contributed by atoms with Crippen LogP contribution >= 0.6 is 86.4 Å². The maximum absolute atomic E-state index is 3.98. The average Bonchev–Trinajstić information content (AvgIpc) is 3.71. The minimum Gasteiger partial charge on any atom is -0.337 e. The van der Waals surface area contributed by atoms with Crippen LogP contribution in [0.25, 0.3) is 42.7 Å². The van der Waals surface area contributed by atoms with E-state index in [1.807, 2.05) is 0 Å². The smallest absolute Gasteiger partial charge is 0.0501 e. The van der Waals surface area contributed by atoms with E-state index in [2.05, 4.69) is 129 Å². The highest BCUT2D eigenvalue weighted by Crippen LogP contribution is 2.47. The lowest BCUT2D eigenvalue weighted by Gasteiger charge is -2.23. The van der Waals surface area contributed by atoms with Crippen LogP contribution in [-0.4, -0.2) is 4.57 Å². The average molecular weight is 886 g/mol. The van der Waals surface area contributed by atoms with Gasteiger partial charge in [-0.05, 0) is 91.9 Å². The van der Waals surface area contributed by atoms with Gasteiger partial charge in [-0.15, -0.1) is 22.7 Å². The van der Waals surface area contributed by atoms with Gasteiger partial charge in [-0.2, -0.15) is 0 Å². The summed E-state index contributed by atoms with van der Waals surface area (Å²) in [5.74, 6) is 0. The summed E-state index contributed by atoms with van der Waals surface area (Å²) in [6, 6.07) is 14.5. The molecular formula is C37H43Br4NS2. The molecule has 0 amide bonds. The number of thiophene rings is 2. The molecule has 0 aliphatic heterocycles. The van der Waals surface area contributed by atoms with Crippen LogP contribution < -0.4 is 0 Å². The maximum Gasteiger partial charge on any atom is 0.0501 e. The van der Waals surface area contributed by atoms with Gasteiger partial charge in [0.05, 0.1) is 11.0 Å². The standard InChI is InChI=1S/C37H43Br4NS2/c1-3-5-7-9-11-13-15-25(16-14-12-10-8-6-4-2)42-34-23-28(36-30(38)17-19-43-36)32(40)21-26(34)27-22-33(41)29(24-35(27)42)37-31(39)18-20-44-37/h17-25H,3-16H2,1-2H3. The summed E-state index contributed by atoms with van der Waals surface area (Å²) in [7, 11) is 0. The second-order valence-electron chi connectivity index (χ2n) is 12.0. The molecule has 2 aromatic carbocycles. The van der Waals surface area contributed by atoms with E-state index in [4.69, 9.17) is 0 Å². The van der Waals surface area contributed by atoms with Crippen LogP contribution in [0.1, 0.15) is 110 Å². The van der Waals surface area contributed by atoms with E-state index in [-0.39, 0.29) is 0 Å². The fourth-order valence-electron chi connectivity index (χ4n) is 6.52. The first-order valence-corrected chi connectivity index (χ1v) is 21.3. The van der Waals surface area contributed by atoms with Crippen molar-refractivity contribution in [3.8, 4) is 20.9 Å². The SMILES string of the molecule is CCCCCCCCC(CCCCCCCC)n1c2cc(-c3sccc3Br)c(Br)cc2c2cc(Br)c(-c3sccc3Br)cc21. The van der Waals surface area contributed by atoms with Gasteiger partial charge in [0.25, 0.3) is 0 Å². The molecule has 0 fully saturated rings. The van der Waals surface area contributed by atoms with E-state index in [1.54, 1.807) is 22.7 Å². The molecule has 7 heteroatoms. The Hall–Kier alpha value is -0.440. The lowest BCUT2D eigenvalue weighted by molar-refractivity contribution is 0.410. The quantitative estimate of drug-likeness (QED) is 0.0820. The van der Waals surface area contributed by atoms with Crippen LogP contribution in [0.2, 0.25) is 0 Å². The lowest BCUT2D eigenvalue weighted by atomic mass is 9.99. The molecule has 5 aromatic rings. The topological polar surface area (TPSA) is 4.93 Å². The minimum atomic E-state index is 0.481. The van der Waals surface area contributed by atoms with E-state index in [0.717, 1.165) is 17.9 Å². The Morgan fingerprint density at radius 3 is 1.34 bits per heavy atom. The highest BCUT2D eigenvalue weighted by molar-refractivity contribution is 9.11. The molecule has 0 saturated carbocycles. The van der Waals surface area contributed by atoms with Crippen molar-refractivity contribution in [1.82, 2.24) is 4.57 Å². The summed E-state index contributed by atoms with van der Waals surface area (Å²) >= 11 is 19.2. The fraction of sp³-hybridized carbons (Fsp3) is 0.459. The fourth-order valence-corrected chi connectivity index (χ4v) is 11.1. The van der Waals surface area contributed by atoms with Crippen molar-refractivity contribution in [2.24, 2.45) is 0 Å². The summed E-state index contributed by atoms with van der Waals surface area (Å²) in [4.78, 5) is 2.56. The monoisotopic (exact) mass is 881 g/mol. The number of halogens is 4. The largest absolute Gasteiger partial charge is 0.337 e. The number of nitrogens with zero attached hydrogens (tertiary/aromatic N) is 1. The molecule has 3 heterocycles. The van der Waals surface area contributed by atoms with Gasteiger partial charge in [-0.25, -0.2) is 0 Å². The van der Waals surface area contributed by atoms with Crippen LogP contribution in [0.5, 0.6) is 0 Å². The first kappa shape index (κ1) is 34.9. The van der Waals surface area contributed by atoms with E-state index in [9.17, 15) is 0 Å². The Balaban J connectivity index is 1.63. The summed E-state index contributed by atoms with van der Waals surface area (Å²) < 4.78 is 7.37. The zero-order valence-corrected chi connectivity index (χ0v) is 33.8. The second kappa shape index (κ2) is 17.1. The van der Waals surface area contributed by atoms with Crippen LogP contribution in [0, 0.1) is 0 Å². The van der Waals surface area contributed by atoms with E-state index < -0.39 is 0 Å². The van der Waals surface area contributed by atoms with Crippen molar-refractivity contribution < 1.29 is 0 Å². The molecule has 0 N–H and O–H groups in total. The molecule has 0 atom stereocenters. The molecule has 3 aromatic heterocycles. The third kappa shape index (κ3) is 8.16. The van der Waals surface area contributed by atoms with Crippen molar-refractivity contribution >= 4 is 108 Å². The number of benzene rings is 2. The molecule has 0 aliphatic rings. The van der Waals surface area contributed by atoms with Crippen molar-refractivity contribution in [3.05, 3.63) is 65.0 Å². The van der Waals surface area contributed by atoms with Crippen LogP contribution in [-0.2, 0) is 0 Å². The molecule has 44 heavy (non-hydrogen) atoms. The highest BCUT2D eigenvalue weighted by Gasteiger charge is 2.23. The molecule has 0 bridgehead atoms. The summed E-state index contributed by atoms with van der Waals surface area (Å²) in [5, 5.41) is 7.01. The van der Waals surface area contributed by atoms with Gasteiger partial charge in [0.1, 0.15) is 0 Å². The summed E-state index contributed by atoms with van der Waals surface area (Å²) in [5.41, 5.74) is 5.24. The first-order chi connectivity index (χ1) is 21.4. The second-order valence-corrected chi connectivity index (χ2v) is 17.3. The Morgan fingerprint density at radius 1 is 0.545 bits per heavy atom. The Kier molecular flexibility index (Phi) is 13.6. The molecule has 1 nitrogen and oxygen atoms in total. The highest BCUT2D eigenvalue weighted by atomic mass is 79.9. The summed E-state index contributed by atoms with van der Waals surface area (Å²) in [6.07, 6.45) is 18.5. The normalized spacial score (nSPS) is 12.0. The zero-order valence-electron chi connectivity index (χ0n) is 25.9. The van der Waals surface area contributed by atoms with Crippen molar-refractivity contribution in [2.75, 3.05) is 0 Å². The van der Waals surface area contributed by atoms with Crippen LogP contribution in [0.3, 0.4) is 0 Å². The number of unbranched alkanes of at least 4 members (excludes halogenated alkanes) is 10. The Bertz CT molecular complexity index is 1540. The number of hydrogen-bond donors (Lipinski definition) is 0. The van der Waals surface area contributed by atoms with Gasteiger partial charge in [-0.1, -0.05) is 123 Å². The first-order valence-electron chi connectivity index (χ1n) is 16.4. The third-order valence-electron chi connectivity index (χ3n) is 8.85. The molecule has 0 spiro atoms. The number of hydrogen-bond acceptors (Lipinski definition) is 2. The zero-order chi connectivity index (χ0) is 31.1. The van der Waals surface area contributed by atoms with Crippen molar-refractivity contribution in [3.63, 3.8) is 0 Å². The van der Waals surface area contributed by atoms with Crippen LogP contribution in [0.4, 0.5) is 0 Å². The number of rotatable bonds is 17. The van der Waals surface area contributed by atoms with Gasteiger partial charge in [0, 0.05) is 55.6 Å². The van der Waals surface area contributed by atoms with E-state index in [1.165, 1.54) is 133 Å². The molecule has 0 saturated heterocycles. The maximum atomic E-state index is 3.98. The minimum absolute atomic E-state index is 0.481. The molecule has 0 radical (unpaired) electrons. The number of fused-ring (bicyclic) bond motifs is 3. The molecule has 0 aliphatic carbocycles. The van der Waals surface area contributed by atoms with Crippen molar-refractivity contribution in [2.45, 2.75) is 110 Å². The molecular weight excluding hydrogens is 842 g/mol. The summed E-state index contributed by atoms with van der Waals surface area (Å²) in [6.45, 7) is 4.61. The van der Waals surface area contributed by atoms with Gasteiger partial charge in [-0.3, -0.25) is 0 Å². The molecule has 236 valence electrons. The molecule has 0 unspecified atom stereocenters. The predicted molar refractivity (Wildman–Crippen MR) is 212 cm³/mol. The van der Waals surface area contributed by atoms with E-state index >= 15 is 0 Å². The lowest BCUT2D eigenvalue weighted by Crippen LogP contribution is -2.10. The van der Waals surface area contributed by atoms with Gasteiger partial charge >= 0.3 is 0 Å².